The van der Waals surface area contributed by atoms with Crippen molar-refractivity contribution >= 4 is 23.7 Å². The van der Waals surface area contributed by atoms with Gasteiger partial charge in [0.2, 0.25) is 11.3 Å². The van der Waals surface area contributed by atoms with Gasteiger partial charge in [0.15, 0.2) is 0 Å². The van der Waals surface area contributed by atoms with Gasteiger partial charge in [-0.05, 0) is 18.7 Å². The Morgan fingerprint density at radius 2 is 1.56 bits per heavy atom. The van der Waals surface area contributed by atoms with E-state index in [1.165, 1.54) is 0 Å². The van der Waals surface area contributed by atoms with Crippen LogP contribution >= 0.6 is 12.6 Å². The Bertz CT molecular complexity index is 631. The highest BCUT2D eigenvalue weighted by Crippen LogP contribution is 2.17. The van der Waals surface area contributed by atoms with E-state index < -0.39 is 0 Å². The van der Waals surface area contributed by atoms with Crippen LogP contribution < -0.4 is 4.57 Å². The van der Waals surface area contributed by atoms with Crippen LogP contribution in [-0.2, 0) is 0 Å². The molecular weight excluding hydrogens is 218 g/mol. The van der Waals surface area contributed by atoms with Gasteiger partial charge in [-0.1, -0.05) is 30.3 Å². The fraction of sp³-hybridized carbons (Fsp3) is 0. The van der Waals surface area contributed by atoms with Crippen molar-refractivity contribution in [2.45, 2.75) is 5.22 Å². The minimum atomic E-state index is 0.590. The van der Waals surface area contributed by atoms with Crippen LogP contribution in [0.5, 0.6) is 0 Å². The van der Waals surface area contributed by atoms with Gasteiger partial charge in [-0.25, -0.2) is 0 Å². The first-order valence-electron chi connectivity index (χ1n) is 5.04. The number of rotatable bonds is 1. The third-order valence-corrected chi connectivity index (χ3v) is 2.80. The minimum absolute atomic E-state index is 0.590. The summed E-state index contributed by atoms with van der Waals surface area (Å²) < 4.78 is 7.57. The zero-order valence-corrected chi connectivity index (χ0v) is 9.39. The van der Waals surface area contributed by atoms with E-state index in [2.05, 4.69) is 12.6 Å². The lowest BCUT2D eigenvalue weighted by atomic mass is 10.3. The molecule has 78 valence electrons. The van der Waals surface area contributed by atoms with Crippen LogP contribution in [0.25, 0.3) is 16.8 Å². The van der Waals surface area contributed by atoms with E-state index >= 15 is 0 Å². The van der Waals surface area contributed by atoms with Crippen LogP contribution in [0.15, 0.2) is 64.2 Å². The van der Waals surface area contributed by atoms with Crippen LogP contribution in [-0.4, -0.2) is 0 Å². The number of hydrogen-bond donors (Lipinski definition) is 1. The molecule has 0 amide bonds. The van der Waals surface area contributed by atoms with E-state index in [1.54, 1.807) is 0 Å². The molecule has 0 saturated carbocycles. The first kappa shape index (κ1) is 9.48. The summed E-state index contributed by atoms with van der Waals surface area (Å²) in [6.07, 6.45) is 0. The summed E-state index contributed by atoms with van der Waals surface area (Å²) in [6, 6.07) is 17.9. The summed E-state index contributed by atoms with van der Waals surface area (Å²) in [7, 11) is 0. The molecule has 2 aromatic carbocycles. The van der Waals surface area contributed by atoms with Crippen molar-refractivity contribution in [2.24, 2.45) is 0 Å². The second kappa shape index (κ2) is 3.68. The normalized spacial score (nSPS) is 10.8. The van der Waals surface area contributed by atoms with Gasteiger partial charge >= 0.3 is 5.22 Å². The SMILES string of the molecule is Sc1oc2ccccc2[n+]1-c1ccccc1. The Hall–Kier alpha value is -1.74. The Labute approximate surface area is 98.5 Å². The molecule has 0 atom stereocenters. The van der Waals surface area contributed by atoms with Crippen molar-refractivity contribution in [1.82, 2.24) is 0 Å². The third-order valence-electron chi connectivity index (χ3n) is 2.51. The molecule has 0 aliphatic heterocycles. The summed E-state index contributed by atoms with van der Waals surface area (Å²) in [4.78, 5) is 0. The van der Waals surface area contributed by atoms with Gasteiger partial charge in [0.05, 0.1) is 0 Å². The highest BCUT2D eigenvalue weighted by atomic mass is 32.1. The lowest BCUT2D eigenvalue weighted by Gasteiger charge is -1.91. The van der Waals surface area contributed by atoms with Gasteiger partial charge in [0.25, 0.3) is 5.52 Å². The van der Waals surface area contributed by atoms with Gasteiger partial charge in [-0.3, -0.25) is 0 Å². The van der Waals surface area contributed by atoms with Crippen molar-refractivity contribution in [2.75, 3.05) is 0 Å². The van der Waals surface area contributed by atoms with E-state index in [4.69, 9.17) is 4.42 Å². The largest absolute Gasteiger partial charge is 0.415 e. The number of thiol groups is 1. The average molecular weight is 228 g/mol. The van der Waals surface area contributed by atoms with Gasteiger partial charge in [0, 0.05) is 18.2 Å². The van der Waals surface area contributed by atoms with Crippen LogP contribution in [0.2, 0.25) is 0 Å². The molecule has 0 aliphatic rings. The minimum Gasteiger partial charge on any atom is -0.393 e. The topological polar surface area (TPSA) is 17.0 Å². The number of oxazole rings is 1. The molecule has 0 saturated heterocycles. The van der Waals surface area contributed by atoms with Crippen molar-refractivity contribution in [1.29, 1.82) is 0 Å². The fourth-order valence-corrected chi connectivity index (χ4v) is 2.12. The summed E-state index contributed by atoms with van der Waals surface area (Å²) >= 11 is 4.36. The first-order chi connectivity index (χ1) is 7.86. The predicted octanol–water partition coefficient (Wildman–Crippen LogP) is 3.00. The Balaban J connectivity index is 2.35. The van der Waals surface area contributed by atoms with E-state index in [1.807, 2.05) is 59.2 Å². The van der Waals surface area contributed by atoms with Crippen molar-refractivity contribution < 1.29 is 8.98 Å². The maximum absolute atomic E-state index is 5.58. The summed E-state index contributed by atoms with van der Waals surface area (Å²) in [5.74, 6) is 0. The number of aromatic nitrogens is 1. The monoisotopic (exact) mass is 228 g/mol. The number of para-hydroxylation sites is 3. The standard InChI is InChI=1S/C13H9NOS/c16-13-14(10-6-2-1-3-7-10)11-8-4-5-9-12(11)15-13/h1-9H/p+1. The lowest BCUT2D eigenvalue weighted by molar-refractivity contribution is -0.618. The molecule has 16 heavy (non-hydrogen) atoms. The molecule has 0 fully saturated rings. The summed E-state index contributed by atoms with van der Waals surface area (Å²) in [5.41, 5.74) is 2.92. The second-order valence-corrected chi connectivity index (χ2v) is 3.91. The van der Waals surface area contributed by atoms with Crippen LogP contribution in [0, 0.1) is 0 Å². The quantitative estimate of drug-likeness (QED) is 0.500. The maximum Gasteiger partial charge on any atom is 0.415 e. The molecule has 0 unspecified atom stereocenters. The summed E-state index contributed by atoms with van der Waals surface area (Å²) in [5, 5.41) is 0.590. The van der Waals surface area contributed by atoms with E-state index in [9.17, 15) is 0 Å². The average Bonchev–Trinajstić information content (AvgIpc) is 2.66. The van der Waals surface area contributed by atoms with Crippen LogP contribution in [0.4, 0.5) is 0 Å². The fourth-order valence-electron chi connectivity index (χ4n) is 1.80. The highest BCUT2D eigenvalue weighted by Gasteiger charge is 2.21. The van der Waals surface area contributed by atoms with E-state index in [0.717, 1.165) is 16.8 Å². The molecular formula is C13H10NOS+. The predicted molar refractivity (Wildman–Crippen MR) is 65.0 cm³/mol. The van der Waals surface area contributed by atoms with Gasteiger partial charge in [0.1, 0.15) is 0 Å². The molecule has 3 aromatic rings. The molecule has 1 heterocycles. The maximum atomic E-state index is 5.58. The Kier molecular flexibility index (Phi) is 2.18. The molecule has 2 nitrogen and oxygen atoms in total. The molecule has 0 spiro atoms. The zero-order valence-electron chi connectivity index (χ0n) is 8.50. The molecule has 3 heteroatoms. The van der Waals surface area contributed by atoms with Gasteiger partial charge < -0.3 is 4.42 Å². The zero-order chi connectivity index (χ0) is 11.0. The van der Waals surface area contributed by atoms with E-state index in [0.29, 0.717) is 5.22 Å². The highest BCUT2D eigenvalue weighted by molar-refractivity contribution is 7.79. The number of hydrogen-bond acceptors (Lipinski definition) is 2. The van der Waals surface area contributed by atoms with Crippen LogP contribution in [0.3, 0.4) is 0 Å². The Morgan fingerprint density at radius 3 is 2.38 bits per heavy atom. The van der Waals surface area contributed by atoms with Crippen molar-refractivity contribution in [3.63, 3.8) is 0 Å². The number of fused-ring (bicyclic) bond motifs is 1. The van der Waals surface area contributed by atoms with Crippen LogP contribution in [0.1, 0.15) is 0 Å². The third kappa shape index (κ3) is 1.41. The first-order valence-corrected chi connectivity index (χ1v) is 5.49. The number of nitrogens with zero attached hydrogens (tertiary/aromatic N) is 1. The Morgan fingerprint density at radius 1 is 0.875 bits per heavy atom. The van der Waals surface area contributed by atoms with Gasteiger partial charge in [-0.2, -0.15) is 0 Å². The summed E-state index contributed by atoms with van der Waals surface area (Å²) in [6.45, 7) is 0. The molecule has 0 radical (unpaired) electrons. The van der Waals surface area contributed by atoms with Gasteiger partial charge in [-0.15, -0.1) is 4.57 Å². The lowest BCUT2D eigenvalue weighted by Crippen LogP contribution is -2.30. The molecule has 3 rings (SSSR count). The molecule has 0 N–H and O–H groups in total. The van der Waals surface area contributed by atoms with Crippen molar-refractivity contribution in [3.05, 3.63) is 54.6 Å². The molecule has 0 aliphatic carbocycles. The van der Waals surface area contributed by atoms with E-state index in [-0.39, 0.29) is 0 Å². The molecule has 1 aromatic heterocycles. The molecule has 0 bridgehead atoms. The van der Waals surface area contributed by atoms with Crippen molar-refractivity contribution in [3.8, 4) is 5.69 Å². The number of benzene rings is 2. The smallest absolute Gasteiger partial charge is 0.393 e. The second-order valence-electron chi connectivity index (χ2n) is 3.52.